The summed E-state index contributed by atoms with van der Waals surface area (Å²) in [6, 6.07) is 6.34. The van der Waals surface area contributed by atoms with Gasteiger partial charge < -0.3 is 14.8 Å². The summed E-state index contributed by atoms with van der Waals surface area (Å²) in [7, 11) is 0. The van der Waals surface area contributed by atoms with Crippen molar-refractivity contribution in [3.8, 4) is 0 Å². The summed E-state index contributed by atoms with van der Waals surface area (Å²) in [4.78, 5) is 19.9. The van der Waals surface area contributed by atoms with E-state index in [1.165, 1.54) is 6.92 Å². The molecule has 2 rings (SSSR count). The third-order valence-electron chi connectivity index (χ3n) is 4.02. The number of amides is 1. The van der Waals surface area contributed by atoms with E-state index in [2.05, 4.69) is 35.4 Å². The van der Waals surface area contributed by atoms with Gasteiger partial charge in [0.25, 0.3) is 0 Å². The average Bonchev–Trinajstić information content (AvgIpc) is 2.69. The highest BCUT2D eigenvalue weighted by Gasteiger charge is 2.46. The SMILES string of the molecule is CC(=O)N[C@@H]1[C@H](OCc2ccccc2)O[C@H](CN=[N+]=[N-])[C@H](N=[N+]=[N-])[C@H]1N=[N+]=[N-]. The topological polar surface area (TPSA) is 194 Å². The number of hydrogen-bond acceptors (Lipinski definition) is 6. The summed E-state index contributed by atoms with van der Waals surface area (Å²) in [5.74, 6) is -0.409. The van der Waals surface area contributed by atoms with Crippen LogP contribution in [-0.2, 0) is 20.9 Å². The lowest BCUT2D eigenvalue weighted by Crippen LogP contribution is -2.63. The van der Waals surface area contributed by atoms with Gasteiger partial charge in [0.15, 0.2) is 6.29 Å². The molecule has 1 aromatic rings. The van der Waals surface area contributed by atoms with Gasteiger partial charge in [-0.05, 0) is 22.2 Å². The van der Waals surface area contributed by atoms with E-state index in [1.807, 2.05) is 30.3 Å². The maximum Gasteiger partial charge on any atom is 0.217 e. The lowest BCUT2D eigenvalue weighted by Gasteiger charge is -2.43. The van der Waals surface area contributed by atoms with Crippen LogP contribution in [0.25, 0.3) is 31.3 Å². The Bertz CT molecular complexity index is 815. The highest BCUT2D eigenvalue weighted by atomic mass is 16.7. The molecule has 1 N–H and O–H groups in total. The number of nitrogens with zero attached hydrogens (tertiary/aromatic N) is 9. The molecule has 0 spiro atoms. The van der Waals surface area contributed by atoms with Gasteiger partial charge in [0.2, 0.25) is 5.91 Å². The number of carbonyl (C=O) groups is 1. The lowest BCUT2D eigenvalue weighted by molar-refractivity contribution is -0.219. The molecule has 13 heteroatoms. The van der Waals surface area contributed by atoms with E-state index >= 15 is 0 Å². The summed E-state index contributed by atoms with van der Waals surface area (Å²) >= 11 is 0. The highest BCUT2D eigenvalue weighted by Crippen LogP contribution is 2.28. The second kappa shape index (κ2) is 10.6. The van der Waals surface area contributed by atoms with Gasteiger partial charge in [-0.15, -0.1) is 0 Å². The number of carbonyl (C=O) groups excluding carboxylic acids is 1. The van der Waals surface area contributed by atoms with E-state index in [0.29, 0.717) is 0 Å². The van der Waals surface area contributed by atoms with E-state index in [0.717, 1.165) is 5.56 Å². The van der Waals surface area contributed by atoms with Crippen molar-refractivity contribution in [3.63, 3.8) is 0 Å². The third kappa shape index (κ3) is 5.52. The second-order valence-electron chi connectivity index (χ2n) is 5.87. The maximum atomic E-state index is 11.7. The van der Waals surface area contributed by atoms with E-state index in [4.69, 9.17) is 26.1 Å². The standard InChI is InChI=1S/C15H18N10O3/c1-9(26)20-14-13(22-25-18)12(21-24-17)11(7-19-23-16)28-15(14)27-8-10-5-3-2-4-6-10/h2-6,11-15H,7-8H2,1H3,(H,20,26)/t11-,12+,13-,14+,15-/m1/s1. The van der Waals surface area contributed by atoms with Crippen LogP contribution in [-0.4, -0.2) is 43.0 Å². The first-order valence-electron chi connectivity index (χ1n) is 8.28. The smallest absolute Gasteiger partial charge is 0.217 e. The Morgan fingerprint density at radius 3 is 2.43 bits per heavy atom. The first kappa shape index (κ1) is 20.8. The van der Waals surface area contributed by atoms with Gasteiger partial charge in [-0.1, -0.05) is 45.7 Å². The molecule has 0 radical (unpaired) electrons. The number of hydrogen-bond donors (Lipinski definition) is 1. The zero-order valence-corrected chi connectivity index (χ0v) is 14.9. The molecule has 0 bridgehead atoms. The average molecular weight is 386 g/mol. The van der Waals surface area contributed by atoms with Crippen molar-refractivity contribution in [2.24, 2.45) is 15.3 Å². The lowest BCUT2D eigenvalue weighted by atomic mass is 9.92. The fourth-order valence-electron chi connectivity index (χ4n) is 2.88. The molecule has 0 aliphatic carbocycles. The monoisotopic (exact) mass is 386 g/mol. The summed E-state index contributed by atoms with van der Waals surface area (Å²) in [6.45, 7) is 1.27. The van der Waals surface area contributed by atoms with Crippen molar-refractivity contribution in [1.82, 2.24) is 5.32 Å². The number of benzene rings is 1. The zero-order chi connectivity index (χ0) is 20.4. The van der Waals surface area contributed by atoms with Crippen LogP contribution in [0, 0.1) is 0 Å². The number of ether oxygens (including phenoxy) is 2. The minimum atomic E-state index is -1.02. The van der Waals surface area contributed by atoms with Crippen LogP contribution in [0.1, 0.15) is 12.5 Å². The van der Waals surface area contributed by atoms with Crippen molar-refractivity contribution in [2.45, 2.75) is 44.1 Å². The Morgan fingerprint density at radius 1 is 1.14 bits per heavy atom. The van der Waals surface area contributed by atoms with E-state index in [9.17, 15) is 4.79 Å². The zero-order valence-electron chi connectivity index (χ0n) is 14.9. The molecular weight excluding hydrogens is 368 g/mol. The minimum Gasteiger partial charge on any atom is -0.348 e. The van der Waals surface area contributed by atoms with E-state index < -0.39 is 36.4 Å². The van der Waals surface area contributed by atoms with Gasteiger partial charge in [-0.3, -0.25) is 4.79 Å². The fraction of sp³-hybridized carbons (Fsp3) is 0.533. The van der Waals surface area contributed by atoms with Gasteiger partial charge in [-0.25, -0.2) is 0 Å². The van der Waals surface area contributed by atoms with Crippen LogP contribution in [0.15, 0.2) is 45.7 Å². The molecule has 0 unspecified atom stereocenters. The van der Waals surface area contributed by atoms with Crippen LogP contribution in [0.5, 0.6) is 0 Å². The second-order valence-corrected chi connectivity index (χ2v) is 5.87. The Balaban J connectivity index is 2.34. The quantitative estimate of drug-likeness (QED) is 0.408. The van der Waals surface area contributed by atoms with Crippen LogP contribution in [0.3, 0.4) is 0 Å². The third-order valence-corrected chi connectivity index (χ3v) is 4.02. The first-order valence-corrected chi connectivity index (χ1v) is 8.28. The number of azide groups is 3. The first-order chi connectivity index (χ1) is 13.6. The van der Waals surface area contributed by atoms with E-state index in [1.54, 1.807) is 0 Å². The molecule has 13 nitrogen and oxygen atoms in total. The molecule has 28 heavy (non-hydrogen) atoms. The van der Waals surface area contributed by atoms with Crippen molar-refractivity contribution in [1.29, 1.82) is 0 Å². The molecule has 1 aliphatic rings. The van der Waals surface area contributed by atoms with Crippen LogP contribution in [0.2, 0.25) is 0 Å². The molecule has 0 aromatic heterocycles. The summed E-state index contributed by atoms with van der Waals surface area (Å²) in [5.41, 5.74) is 27.3. The van der Waals surface area contributed by atoms with Gasteiger partial charge in [0, 0.05) is 21.7 Å². The molecule has 1 amide bonds. The Labute approximate surface area is 159 Å². The maximum absolute atomic E-state index is 11.7. The van der Waals surface area contributed by atoms with E-state index in [-0.39, 0.29) is 13.2 Å². The fourth-order valence-corrected chi connectivity index (χ4v) is 2.88. The molecule has 1 saturated heterocycles. The molecule has 1 heterocycles. The normalized spacial score (nSPS) is 26.1. The number of rotatable bonds is 8. The van der Waals surface area contributed by atoms with Gasteiger partial charge in [0.05, 0.1) is 37.4 Å². The van der Waals surface area contributed by atoms with Gasteiger partial charge in [0.1, 0.15) is 0 Å². The molecule has 5 atom stereocenters. The molecule has 1 aromatic carbocycles. The molecule has 1 fully saturated rings. The molecule has 0 saturated carbocycles. The largest absolute Gasteiger partial charge is 0.348 e. The Morgan fingerprint density at radius 2 is 1.82 bits per heavy atom. The minimum absolute atomic E-state index is 0.158. The van der Waals surface area contributed by atoms with Crippen LogP contribution < -0.4 is 5.32 Å². The van der Waals surface area contributed by atoms with Gasteiger partial charge >= 0.3 is 0 Å². The van der Waals surface area contributed by atoms with Crippen molar-refractivity contribution < 1.29 is 14.3 Å². The van der Waals surface area contributed by atoms with Crippen molar-refractivity contribution in [2.75, 3.05) is 6.54 Å². The summed E-state index contributed by atoms with van der Waals surface area (Å²) in [5, 5.41) is 13.4. The van der Waals surface area contributed by atoms with Crippen molar-refractivity contribution >= 4 is 5.91 Å². The predicted molar refractivity (Wildman–Crippen MR) is 97.4 cm³/mol. The summed E-state index contributed by atoms with van der Waals surface area (Å²) < 4.78 is 11.6. The highest BCUT2D eigenvalue weighted by molar-refractivity contribution is 5.73. The molecular formula is C15H18N10O3. The van der Waals surface area contributed by atoms with Gasteiger partial charge in [-0.2, -0.15) is 0 Å². The molecule has 146 valence electrons. The Hall–Kier alpha value is -3.46. The van der Waals surface area contributed by atoms with Crippen LogP contribution in [0.4, 0.5) is 0 Å². The van der Waals surface area contributed by atoms with Crippen molar-refractivity contribution in [3.05, 3.63) is 67.2 Å². The predicted octanol–water partition coefficient (Wildman–Crippen LogP) is 3.10. The van der Waals surface area contributed by atoms with Crippen LogP contribution >= 0.6 is 0 Å². The molecule has 1 aliphatic heterocycles. The summed E-state index contributed by atoms with van der Waals surface area (Å²) in [6.07, 6.45) is -1.92. The number of nitrogens with one attached hydrogen (secondary N) is 1. The Kier molecular flexibility index (Phi) is 7.92.